The number of hydrogen-bond donors (Lipinski definition) is 0. The van der Waals surface area contributed by atoms with E-state index in [1.54, 1.807) is 0 Å². The molecular weight excluding hydrogens is 396 g/mol. The first-order valence-electron chi connectivity index (χ1n) is 9.89. The van der Waals surface area contributed by atoms with Crippen molar-refractivity contribution in [3.05, 3.63) is 81.9 Å². The lowest BCUT2D eigenvalue weighted by atomic mass is 10.1. The molecule has 4 rings (SSSR count). The predicted octanol–water partition coefficient (Wildman–Crippen LogP) is 5.31. The van der Waals surface area contributed by atoms with Crippen molar-refractivity contribution in [1.82, 2.24) is 9.78 Å². The van der Waals surface area contributed by atoms with Gasteiger partial charge in [0.05, 0.1) is 12.2 Å². The van der Waals surface area contributed by atoms with Crippen molar-refractivity contribution < 1.29 is 14.3 Å². The highest BCUT2D eigenvalue weighted by Crippen LogP contribution is 2.29. The molecule has 5 nitrogen and oxygen atoms in total. The molecule has 0 fully saturated rings. The Bertz CT molecular complexity index is 1160. The van der Waals surface area contributed by atoms with Crippen LogP contribution in [0.3, 0.4) is 0 Å². The van der Waals surface area contributed by atoms with Gasteiger partial charge in [-0.1, -0.05) is 47.5 Å². The summed E-state index contributed by atoms with van der Waals surface area (Å²) in [7, 11) is 0. The highest BCUT2D eigenvalue weighted by atomic mass is 32.1. The summed E-state index contributed by atoms with van der Waals surface area (Å²) in [6, 6.07) is 18.1. The highest BCUT2D eigenvalue weighted by Gasteiger charge is 2.17. The molecule has 154 valence electrons. The van der Waals surface area contributed by atoms with Crippen molar-refractivity contribution in [2.45, 2.75) is 27.3 Å². The molecule has 0 unspecified atom stereocenters. The molecule has 2 heterocycles. The average Bonchev–Trinajstić information content (AvgIpc) is 3.30. The van der Waals surface area contributed by atoms with Crippen molar-refractivity contribution >= 4 is 27.5 Å². The standard InChI is InChI=1S/C24H24N2O3S/c1-16-4-8-19(9-5-16)15-26-23-21(18(3)25-26)14-22(30-23)24(27)29-13-12-28-20-10-6-17(2)7-11-20/h4-11,14H,12-13,15H2,1-3H3. The number of carbonyl (C=O) groups is 1. The second kappa shape index (κ2) is 8.71. The summed E-state index contributed by atoms with van der Waals surface area (Å²) in [6.07, 6.45) is 0. The van der Waals surface area contributed by atoms with Crippen molar-refractivity contribution in [1.29, 1.82) is 0 Å². The second-order valence-corrected chi connectivity index (χ2v) is 8.39. The van der Waals surface area contributed by atoms with E-state index in [1.807, 2.05) is 48.9 Å². The van der Waals surface area contributed by atoms with Crippen LogP contribution in [0.15, 0.2) is 54.6 Å². The number of rotatable bonds is 7. The van der Waals surface area contributed by atoms with Crippen LogP contribution in [-0.4, -0.2) is 29.0 Å². The van der Waals surface area contributed by atoms with E-state index >= 15 is 0 Å². The number of ether oxygens (including phenoxy) is 2. The molecule has 2 aromatic heterocycles. The normalized spacial score (nSPS) is 11.0. The maximum Gasteiger partial charge on any atom is 0.348 e. The molecule has 0 aliphatic carbocycles. The Balaban J connectivity index is 1.39. The first-order valence-corrected chi connectivity index (χ1v) is 10.7. The second-order valence-electron chi connectivity index (χ2n) is 7.36. The average molecular weight is 421 g/mol. The summed E-state index contributed by atoms with van der Waals surface area (Å²) in [4.78, 5) is 14.1. The topological polar surface area (TPSA) is 53.4 Å². The largest absolute Gasteiger partial charge is 0.490 e. The number of aryl methyl sites for hydroxylation is 3. The van der Waals surface area contributed by atoms with E-state index in [0.29, 0.717) is 18.0 Å². The quantitative estimate of drug-likeness (QED) is 0.300. The van der Waals surface area contributed by atoms with Crippen molar-refractivity contribution in [2.75, 3.05) is 13.2 Å². The van der Waals surface area contributed by atoms with Gasteiger partial charge in [0.1, 0.15) is 28.7 Å². The molecule has 6 heteroatoms. The van der Waals surface area contributed by atoms with Gasteiger partial charge in [0, 0.05) is 5.39 Å². The number of esters is 1. The number of hydrogen-bond acceptors (Lipinski definition) is 5. The number of carbonyl (C=O) groups excluding carboxylic acids is 1. The molecule has 0 radical (unpaired) electrons. The molecule has 0 spiro atoms. The van der Waals surface area contributed by atoms with Crippen LogP contribution in [0.5, 0.6) is 5.75 Å². The fourth-order valence-electron chi connectivity index (χ4n) is 3.19. The van der Waals surface area contributed by atoms with Gasteiger partial charge in [0.25, 0.3) is 0 Å². The number of nitrogens with zero attached hydrogens (tertiary/aromatic N) is 2. The molecule has 2 aromatic carbocycles. The van der Waals surface area contributed by atoms with E-state index in [0.717, 1.165) is 21.7 Å². The number of fused-ring (bicyclic) bond motifs is 1. The van der Waals surface area contributed by atoms with E-state index in [4.69, 9.17) is 9.47 Å². The molecule has 4 aromatic rings. The molecule has 0 saturated heterocycles. The third-order valence-corrected chi connectivity index (χ3v) is 6.00. The fraction of sp³-hybridized carbons (Fsp3) is 0.250. The minimum atomic E-state index is -0.329. The van der Waals surface area contributed by atoms with Crippen LogP contribution < -0.4 is 4.74 Å². The zero-order valence-corrected chi connectivity index (χ0v) is 18.2. The monoisotopic (exact) mass is 420 g/mol. The summed E-state index contributed by atoms with van der Waals surface area (Å²) in [5, 5.41) is 5.63. The maximum atomic E-state index is 12.5. The zero-order valence-electron chi connectivity index (χ0n) is 17.3. The van der Waals surface area contributed by atoms with Gasteiger partial charge in [-0.05, 0) is 44.5 Å². The number of thiophene rings is 1. The smallest absolute Gasteiger partial charge is 0.348 e. The van der Waals surface area contributed by atoms with Gasteiger partial charge < -0.3 is 9.47 Å². The summed E-state index contributed by atoms with van der Waals surface area (Å²) < 4.78 is 13.0. The molecule has 0 amide bonds. The third-order valence-electron chi connectivity index (χ3n) is 4.87. The molecule has 0 bridgehead atoms. The first-order chi connectivity index (χ1) is 14.5. The Morgan fingerprint density at radius 1 is 0.967 bits per heavy atom. The van der Waals surface area contributed by atoms with Crippen LogP contribution in [0, 0.1) is 20.8 Å². The molecule has 30 heavy (non-hydrogen) atoms. The minimum Gasteiger partial charge on any atom is -0.490 e. The lowest BCUT2D eigenvalue weighted by Crippen LogP contribution is -2.11. The van der Waals surface area contributed by atoms with Crippen LogP contribution in [0.25, 0.3) is 10.2 Å². The number of benzene rings is 2. The Morgan fingerprint density at radius 3 is 2.33 bits per heavy atom. The molecular formula is C24H24N2O3S. The molecule has 0 atom stereocenters. The molecule has 0 aliphatic heterocycles. The van der Waals surface area contributed by atoms with E-state index in [-0.39, 0.29) is 12.6 Å². The zero-order chi connectivity index (χ0) is 21.1. The lowest BCUT2D eigenvalue weighted by Gasteiger charge is -2.07. The van der Waals surface area contributed by atoms with E-state index in [2.05, 4.69) is 36.3 Å². The van der Waals surface area contributed by atoms with E-state index in [1.165, 1.54) is 28.0 Å². The predicted molar refractivity (Wildman–Crippen MR) is 120 cm³/mol. The van der Waals surface area contributed by atoms with Gasteiger partial charge in [-0.3, -0.25) is 4.68 Å². The van der Waals surface area contributed by atoms with Crippen LogP contribution in [0.4, 0.5) is 0 Å². The van der Waals surface area contributed by atoms with Gasteiger partial charge in [-0.25, -0.2) is 4.79 Å². The lowest BCUT2D eigenvalue weighted by molar-refractivity contribution is 0.0456. The van der Waals surface area contributed by atoms with Crippen molar-refractivity contribution in [2.24, 2.45) is 0 Å². The van der Waals surface area contributed by atoms with Gasteiger partial charge in [-0.15, -0.1) is 11.3 Å². The van der Waals surface area contributed by atoms with Crippen molar-refractivity contribution in [3.63, 3.8) is 0 Å². The summed E-state index contributed by atoms with van der Waals surface area (Å²) >= 11 is 1.42. The van der Waals surface area contributed by atoms with E-state index in [9.17, 15) is 4.79 Å². The summed E-state index contributed by atoms with van der Waals surface area (Å²) in [5.41, 5.74) is 4.49. The van der Waals surface area contributed by atoms with Crippen LogP contribution in [-0.2, 0) is 11.3 Å². The Morgan fingerprint density at radius 2 is 1.63 bits per heavy atom. The number of aromatic nitrogens is 2. The summed E-state index contributed by atoms with van der Waals surface area (Å²) in [6.45, 7) is 7.26. The fourth-order valence-corrected chi connectivity index (χ4v) is 4.24. The first kappa shape index (κ1) is 20.2. The van der Waals surface area contributed by atoms with Crippen LogP contribution in [0.1, 0.15) is 32.1 Å². The molecule has 0 N–H and O–H groups in total. The summed E-state index contributed by atoms with van der Waals surface area (Å²) in [5.74, 6) is 0.440. The van der Waals surface area contributed by atoms with Gasteiger partial charge in [0.15, 0.2) is 0 Å². The molecule has 0 aliphatic rings. The Kier molecular flexibility index (Phi) is 5.86. The highest BCUT2D eigenvalue weighted by molar-refractivity contribution is 7.20. The van der Waals surface area contributed by atoms with Crippen LogP contribution >= 0.6 is 11.3 Å². The minimum absolute atomic E-state index is 0.204. The van der Waals surface area contributed by atoms with E-state index < -0.39 is 0 Å². The van der Waals surface area contributed by atoms with Crippen molar-refractivity contribution in [3.8, 4) is 5.75 Å². The Hall–Kier alpha value is -3.12. The third kappa shape index (κ3) is 4.54. The Labute approximate surface area is 179 Å². The van der Waals surface area contributed by atoms with Crippen LogP contribution in [0.2, 0.25) is 0 Å². The van der Waals surface area contributed by atoms with Gasteiger partial charge in [0.2, 0.25) is 0 Å². The maximum absolute atomic E-state index is 12.5. The molecule has 0 saturated carbocycles. The van der Waals surface area contributed by atoms with Gasteiger partial charge >= 0.3 is 5.97 Å². The van der Waals surface area contributed by atoms with Gasteiger partial charge in [-0.2, -0.15) is 5.10 Å². The SMILES string of the molecule is Cc1ccc(Cn2nc(C)c3cc(C(=O)OCCOc4ccc(C)cc4)sc32)cc1.